The molecule has 12 heavy (non-hydrogen) atoms. The van der Waals surface area contributed by atoms with E-state index in [1.54, 1.807) is 0 Å². The van der Waals surface area contributed by atoms with Crippen molar-refractivity contribution in [3.05, 3.63) is 22.1 Å². The van der Waals surface area contributed by atoms with Crippen molar-refractivity contribution in [1.82, 2.24) is 4.72 Å². The Morgan fingerprint density at radius 2 is 2.08 bits per heavy atom. The van der Waals surface area contributed by atoms with Gasteiger partial charge in [-0.15, -0.1) is 0 Å². The molecule has 1 heterocycles. The number of rotatable bonds is 3. The van der Waals surface area contributed by atoms with Gasteiger partial charge >= 0.3 is 5.82 Å². The number of aryl methyl sites for hydroxylation is 1. The molecule has 0 atom stereocenters. The summed E-state index contributed by atoms with van der Waals surface area (Å²) in [6, 6.07) is 0. The Morgan fingerprint density at radius 1 is 1.42 bits per heavy atom. The van der Waals surface area contributed by atoms with Gasteiger partial charge in [0.05, 0.1) is 6.54 Å². The molecular formula is C5H7NO5S. The zero-order chi connectivity index (χ0) is 9.14. The molecule has 0 saturated heterocycles. The summed E-state index contributed by atoms with van der Waals surface area (Å²) in [6.07, 6.45) is 0. The number of nitrogens with one attached hydrogen (secondary N) is 1. The van der Waals surface area contributed by atoms with Crippen LogP contribution in [-0.2, 0) is 17.4 Å². The highest BCUT2D eigenvalue weighted by Crippen LogP contribution is 2.03. The molecule has 0 amide bonds. The molecule has 0 bridgehead atoms. The van der Waals surface area contributed by atoms with Gasteiger partial charge in [0.2, 0.25) is 10.9 Å². The van der Waals surface area contributed by atoms with Crippen molar-refractivity contribution in [3.8, 4) is 0 Å². The highest BCUT2D eigenvalue weighted by atomic mass is 32.2. The molecule has 0 aromatic carbocycles. The van der Waals surface area contributed by atoms with Crippen molar-refractivity contribution in [2.24, 2.45) is 0 Å². The van der Waals surface area contributed by atoms with E-state index in [1.807, 2.05) is 0 Å². The van der Waals surface area contributed by atoms with Crippen LogP contribution in [0.3, 0.4) is 0 Å². The van der Waals surface area contributed by atoms with Crippen LogP contribution in [0, 0.1) is 6.92 Å². The van der Waals surface area contributed by atoms with Gasteiger partial charge in [0.15, 0.2) is 5.76 Å². The van der Waals surface area contributed by atoms with Crippen molar-refractivity contribution >= 4 is 10.9 Å². The second-order valence-electron chi connectivity index (χ2n) is 2.03. The maximum atomic E-state index is 10.4. The number of hydrogen-bond acceptors (Lipinski definition) is 5. The van der Waals surface area contributed by atoms with E-state index in [-0.39, 0.29) is 18.1 Å². The van der Waals surface area contributed by atoms with Crippen LogP contribution < -0.4 is 10.5 Å². The highest BCUT2D eigenvalue weighted by Gasteiger charge is 2.06. The summed E-state index contributed by atoms with van der Waals surface area (Å²) in [6.45, 7) is 1.45. The molecular weight excluding hydrogens is 186 g/mol. The zero-order valence-electron chi connectivity index (χ0n) is 6.20. The summed E-state index contributed by atoms with van der Waals surface area (Å²) in [5.41, 5.74) is 0. The van der Waals surface area contributed by atoms with Gasteiger partial charge in [-0.05, 0) is 6.92 Å². The second-order valence-corrected chi connectivity index (χ2v) is 2.86. The highest BCUT2D eigenvalue weighted by molar-refractivity contribution is 7.70. The van der Waals surface area contributed by atoms with Gasteiger partial charge in [0.25, 0.3) is 0 Å². The molecule has 0 spiro atoms. The fourth-order valence-corrected chi connectivity index (χ4v) is 0.945. The smallest absolute Gasteiger partial charge is 0.396 e. The molecule has 1 N–H and O–H groups in total. The quantitative estimate of drug-likeness (QED) is 0.611. The molecule has 1 aromatic heterocycles. The van der Waals surface area contributed by atoms with Crippen molar-refractivity contribution in [2.75, 3.05) is 0 Å². The maximum Gasteiger partial charge on any atom is 0.519 e. The summed E-state index contributed by atoms with van der Waals surface area (Å²) < 4.78 is 31.2. The van der Waals surface area contributed by atoms with Crippen LogP contribution >= 0.6 is 0 Å². The predicted octanol–water partition coefficient (Wildman–Crippen LogP) is -0.843. The largest absolute Gasteiger partial charge is 0.519 e. The van der Waals surface area contributed by atoms with E-state index in [0.717, 1.165) is 0 Å². The van der Waals surface area contributed by atoms with E-state index >= 15 is 0 Å². The molecule has 68 valence electrons. The van der Waals surface area contributed by atoms with Crippen LogP contribution in [0.4, 0.5) is 0 Å². The molecule has 0 saturated carbocycles. The Hall–Kier alpha value is -1.08. The normalized spacial score (nSPS) is 10.8. The molecule has 7 heteroatoms. The first-order chi connectivity index (χ1) is 5.59. The third-order valence-corrected chi connectivity index (χ3v) is 1.62. The van der Waals surface area contributed by atoms with E-state index in [0.29, 0.717) is 0 Å². The first-order valence-corrected chi connectivity index (χ1v) is 4.24. The SMILES string of the molecule is Cc1oc(=O)oc1CN[SH](=O)=O. The molecule has 0 aliphatic heterocycles. The first kappa shape index (κ1) is 9.01. The van der Waals surface area contributed by atoms with Crippen molar-refractivity contribution in [2.45, 2.75) is 13.5 Å². The fourth-order valence-electron chi connectivity index (χ4n) is 0.672. The molecule has 1 rings (SSSR count). The van der Waals surface area contributed by atoms with Gasteiger partial charge in [-0.25, -0.2) is 17.9 Å². The zero-order valence-corrected chi connectivity index (χ0v) is 7.09. The Balaban J connectivity index is 2.75. The van der Waals surface area contributed by atoms with Crippen LogP contribution in [0.15, 0.2) is 13.6 Å². The molecule has 6 nitrogen and oxygen atoms in total. The Morgan fingerprint density at radius 3 is 2.50 bits per heavy atom. The van der Waals surface area contributed by atoms with Gasteiger partial charge in [-0.2, -0.15) is 0 Å². The number of thiol groups is 1. The van der Waals surface area contributed by atoms with Gasteiger partial charge in [0.1, 0.15) is 5.76 Å². The van der Waals surface area contributed by atoms with Crippen LogP contribution in [0.25, 0.3) is 0 Å². The topological polar surface area (TPSA) is 89.5 Å². The fraction of sp³-hybridized carbons (Fsp3) is 0.400. The van der Waals surface area contributed by atoms with E-state index in [2.05, 4.69) is 13.6 Å². The molecule has 0 aliphatic carbocycles. The average Bonchev–Trinajstić information content (AvgIpc) is 2.26. The van der Waals surface area contributed by atoms with E-state index in [4.69, 9.17) is 0 Å². The molecule has 0 fully saturated rings. The van der Waals surface area contributed by atoms with Gasteiger partial charge in [0, 0.05) is 0 Å². The summed E-state index contributed by atoms with van der Waals surface area (Å²) in [4.78, 5) is 10.4. The second kappa shape index (κ2) is 3.55. The third-order valence-electron chi connectivity index (χ3n) is 1.20. The summed E-state index contributed by atoms with van der Waals surface area (Å²) >= 11 is 0. The minimum atomic E-state index is -2.68. The Labute approximate surface area is 69.3 Å². The van der Waals surface area contributed by atoms with Crippen molar-refractivity contribution in [1.29, 1.82) is 0 Å². The van der Waals surface area contributed by atoms with Gasteiger partial charge < -0.3 is 8.83 Å². The van der Waals surface area contributed by atoms with Gasteiger partial charge in [-0.1, -0.05) is 0 Å². The summed E-state index contributed by atoms with van der Waals surface area (Å²) in [5.74, 6) is -0.353. The minimum absolute atomic E-state index is 0.0592. The minimum Gasteiger partial charge on any atom is -0.396 e. The van der Waals surface area contributed by atoms with Crippen LogP contribution in [0.2, 0.25) is 0 Å². The first-order valence-electron chi connectivity index (χ1n) is 3.07. The Kier molecular flexibility index (Phi) is 2.66. The lowest BCUT2D eigenvalue weighted by Crippen LogP contribution is -2.10. The van der Waals surface area contributed by atoms with Crippen molar-refractivity contribution < 1.29 is 17.3 Å². The van der Waals surface area contributed by atoms with Gasteiger partial charge in [-0.3, -0.25) is 0 Å². The van der Waals surface area contributed by atoms with Crippen molar-refractivity contribution in [3.63, 3.8) is 0 Å². The lowest BCUT2D eigenvalue weighted by atomic mass is 10.4. The predicted molar refractivity (Wildman–Crippen MR) is 39.1 cm³/mol. The summed E-state index contributed by atoms with van der Waals surface area (Å²) in [7, 11) is -2.68. The standard InChI is InChI=1S/C5H7NO5S/c1-3-4(2-6-12(8)9)11-5(7)10-3/h12H,2H2,1H3,(H,6,8,9). The average molecular weight is 193 g/mol. The Bertz CT molecular complexity index is 379. The lowest BCUT2D eigenvalue weighted by molar-refractivity contribution is 0.368. The van der Waals surface area contributed by atoms with Crippen LogP contribution in [0.1, 0.15) is 11.5 Å². The van der Waals surface area contributed by atoms with Crippen LogP contribution in [-0.4, -0.2) is 8.42 Å². The monoisotopic (exact) mass is 193 g/mol. The summed E-state index contributed by atoms with van der Waals surface area (Å²) in [5, 5.41) is 0. The molecule has 0 radical (unpaired) electrons. The maximum absolute atomic E-state index is 10.4. The van der Waals surface area contributed by atoms with E-state index in [1.165, 1.54) is 6.92 Å². The number of hydrogen-bond donors (Lipinski definition) is 2. The van der Waals surface area contributed by atoms with Crippen LogP contribution in [0.5, 0.6) is 0 Å². The van der Waals surface area contributed by atoms with E-state index in [9.17, 15) is 13.2 Å². The molecule has 0 aliphatic rings. The lowest BCUT2D eigenvalue weighted by Gasteiger charge is -1.90. The van der Waals surface area contributed by atoms with E-state index < -0.39 is 16.7 Å². The third kappa shape index (κ3) is 2.21. The molecule has 1 aromatic rings. The molecule has 0 unspecified atom stereocenters.